The minimum Gasteiger partial charge on any atom is -0.466 e. The molecule has 3 fully saturated rings. The molecule has 0 N–H and O–H groups in total. The van der Waals surface area contributed by atoms with E-state index in [9.17, 15) is 14.4 Å². The highest BCUT2D eigenvalue weighted by Crippen LogP contribution is 2.45. The molecule has 9 atom stereocenters. The number of hydrogen-bond donors (Lipinski definition) is 0. The van der Waals surface area contributed by atoms with E-state index >= 15 is 0 Å². The maximum atomic E-state index is 13.4. The number of esters is 3. The van der Waals surface area contributed by atoms with Gasteiger partial charge >= 0.3 is 17.9 Å². The Kier molecular flexibility index (Phi) is 15.1. The van der Waals surface area contributed by atoms with E-state index in [1.807, 2.05) is 26.8 Å². The van der Waals surface area contributed by atoms with Crippen LogP contribution in [-0.2, 0) is 35.0 Å². The summed E-state index contributed by atoms with van der Waals surface area (Å²) in [4.78, 5) is 42.6. The molecular formula is C48H60O6S3. The number of rotatable bonds is 18. The number of allylic oxidation sites excluding steroid dienone is 6. The maximum Gasteiger partial charge on any atom is 0.311 e. The lowest BCUT2D eigenvalue weighted by atomic mass is 9.90. The highest BCUT2D eigenvalue weighted by Gasteiger charge is 2.37. The molecule has 0 radical (unpaired) electrons. The molecule has 0 spiro atoms. The first kappa shape index (κ1) is 43.1. The van der Waals surface area contributed by atoms with Crippen molar-refractivity contribution < 1.29 is 28.6 Å². The molecule has 0 saturated heterocycles. The quantitative estimate of drug-likeness (QED) is 0.0722. The number of thiophene rings is 3. The van der Waals surface area contributed by atoms with Crippen LogP contribution in [0.5, 0.6) is 0 Å². The summed E-state index contributed by atoms with van der Waals surface area (Å²) in [5, 5.41) is 4.17. The maximum absolute atomic E-state index is 13.4. The molecular weight excluding hydrogens is 769 g/mol. The number of carbonyl (C=O) groups excluding carboxylic acids is 3. The van der Waals surface area contributed by atoms with Crippen molar-refractivity contribution in [1.82, 2.24) is 0 Å². The fourth-order valence-corrected chi connectivity index (χ4v) is 11.8. The van der Waals surface area contributed by atoms with Gasteiger partial charge in [0.2, 0.25) is 0 Å². The molecule has 0 bridgehead atoms. The van der Waals surface area contributed by atoms with E-state index in [0.29, 0.717) is 55.3 Å². The van der Waals surface area contributed by atoms with E-state index < -0.39 is 5.41 Å². The van der Waals surface area contributed by atoms with Crippen molar-refractivity contribution in [2.75, 3.05) is 19.8 Å². The lowest BCUT2D eigenvalue weighted by Gasteiger charge is -2.23. The fourth-order valence-electron chi connectivity index (χ4n) is 8.92. The third kappa shape index (κ3) is 11.4. The van der Waals surface area contributed by atoms with Crippen molar-refractivity contribution in [2.45, 2.75) is 79.1 Å². The van der Waals surface area contributed by atoms with Crippen molar-refractivity contribution in [3.8, 4) is 19.5 Å². The molecule has 6 rings (SSSR count). The van der Waals surface area contributed by atoms with Crippen molar-refractivity contribution >= 4 is 51.9 Å². The van der Waals surface area contributed by atoms with Gasteiger partial charge in [-0.25, -0.2) is 0 Å². The molecule has 0 aromatic carbocycles. The van der Waals surface area contributed by atoms with Crippen LogP contribution in [0.15, 0.2) is 90.7 Å². The predicted molar refractivity (Wildman–Crippen MR) is 235 cm³/mol. The number of carbonyl (C=O) groups is 3. The zero-order valence-corrected chi connectivity index (χ0v) is 36.5. The van der Waals surface area contributed by atoms with Gasteiger partial charge in [-0.2, -0.15) is 0 Å². The van der Waals surface area contributed by atoms with E-state index in [2.05, 4.69) is 84.6 Å². The van der Waals surface area contributed by atoms with E-state index in [1.165, 1.54) is 21.6 Å². The molecule has 306 valence electrons. The second-order valence-electron chi connectivity index (χ2n) is 17.1. The molecule has 9 unspecified atom stereocenters. The van der Waals surface area contributed by atoms with E-state index in [1.54, 1.807) is 34.0 Å². The van der Waals surface area contributed by atoms with Crippen LogP contribution in [0.25, 0.3) is 19.5 Å². The Bertz CT molecular complexity index is 1870. The smallest absolute Gasteiger partial charge is 0.311 e. The number of ether oxygens (including phenoxy) is 3. The van der Waals surface area contributed by atoms with Gasteiger partial charge in [0.25, 0.3) is 0 Å². The van der Waals surface area contributed by atoms with E-state index in [-0.39, 0.29) is 42.1 Å². The largest absolute Gasteiger partial charge is 0.466 e. The Morgan fingerprint density at radius 1 is 0.719 bits per heavy atom. The molecule has 3 heterocycles. The van der Waals surface area contributed by atoms with E-state index in [4.69, 9.17) is 14.2 Å². The van der Waals surface area contributed by atoms with Gasteiger partial charge in [-0.15, -0.1) is 47.2 Å². The second-order valence-corrected chi connectivity index (χ2v) is 20.1. The van der Waals surface area contributed by atoms with Crippen LogP contribution in [0, 0.1) is 58.7 Å². The zero-order valence-electron chi connectivity index (χ0n) is 34.1. The molecule has 3 aromatic heterocycles. The lowest BCUT2D eigenvalue weighted by Crippen LogP contribution is -2.28. The summed E-state index contributed by atoms with van der Waals surface area (Å²) in [7, 11) is 0. The minimum atomic E-state index is -0.473. The topological polar surface area (TPSA) is 78.9 Å². The van der Waals surface area contributed by atoms with Crippen LogP contribution in [0.2, 0.25) is 0 Å². The standard InChI is InChI=1S/C48H60O6S3/c1-7-32-20-36(40(21-32)29-53-45(50)27-38-26-44(42-12-10-18-55-42)57-46(38)43-13-11-19-56-43)16-15-34-23-37(41(25-34)28-52-31(4)49)17-14-33-22-35(8-2)39(24-33)30-54-47(51)48(5,6)9-3/h7-8,10-19,26,32-37,39-41H,1-2,9,20-25,27-30H2,3-6H3/b16-15+,17-14+. The van der Waals surface area contributed by atoms with Crippen LogP contribution in [-0.4, -0.2) is 37.7 Å². The van der Waals surface area contributed by atoms with Gasteiger partial charge in [0, 0.05) is 26.4 Å². The molecule has 3 saturated carbocycles. The minimum absolute atomic E-state index is 0.128. The molecule has 3 aromatic rings. The predicted octanol–water partition coefficient (Wildman–Crippen LogP) is 12.2. The van der Waals surface area contributed by atoms with Gasteiger partial charge in [-0.05, 0) is 147 Å². The van der Waals surface area contributed by atoms with Gasteiger partial charge < -0.3 is 14.2 Å². The zero-order chi connectivity index (χ0) is 40.5. The average molecular weight is 829 g/mol. The molecule has 0 aliphatic heterocycles. The summed E-state index contributed by atoms with van der Waals surface area (Å²) >= 11 is 5.16. The summed E-state index contributed by atoms with van der Waals surface area (Å²) in [5.74, 6) is 2.30. The number of hydrogen-bond acceptors (Lipinski definition) is 9. The first-order valence-electron chi connectivity index (χ1n) is 20.7. The molecule has 0 amide bonds. The summed E-state index contributed by atoms with van der Waals surface area (Å²) in [5.41, 5.74) is 0.556. The summed E-state index contributed by atoms with van der Waals surface area (Å²) in [6, 6.07) is 10.5. The third-order valence-corrected chi connectivity index (χ3v) is 16.0. The van der Waals surface area contributed by atoms with Gasteiger partial charge in [-0.1, -0.05) is 55.5 Å². The molecule has 9 heteroatoms. The van der Waals surface area contributed by atoms with Crippen molar-refractivity contribution in [3.63, 3.8) is 0 Å². The molecule has 6 nitrogen and oxygen atoms in total. The molecule has 3 aliphatic carbocycles. The monoisotopic (exact) mass is 828 g/mol. The highest BCUT2D eigenvalue weighted by molar-refractivity contribution is 7.26. The first-order chi connectivity index (χ1) is 27.5. The van der Waals surface area contributed by atoms with Gasteiger partial charge in [0.05, 0.1) is 31.7 Å². The average Bonchev–Trinajstić information content (AvgIpc) is 4.05. The fraction of sp³-hybridized carbons (Fsp3) is 0.521. The summed E-state index contributed by atoms with van der Waals surface area (Å²) in [6.45, 7) is 16.8. The van der Waals surface area contributed by atoms with Crippen molar-refractivity contribution in [2.24, 2.45) is 58.7 Å². The lowest BCUT2D eigenvalue weighted by molar-refractivity contribution is -0.155. The Morgan fingerprint density at radius 3 is 1.86 bits per heavy atom. The van der Waals surface area contributed by atoms with Crippen molar-refractivity contribution in [1.29, 1.82) is 0 Å². The third-order valence-electron chi connectivity index (χ3n) is 12.7. The van der Waals surface area contributed by atoms with Crippen LogP contribution in [0.4, 0.5) is 0 Å². The van der Waals surface area contributed by atoms with Crippen LogP contribution in [0.3, 0.4) is 0 Å². The SMILES string of the molecule is C=CC1CC(/C=C/C2CC(/C=C/C3CC(C=C)C(COC(=O)C(C)(C)CC)C3)C(COC(C)=O)C2)C(COC(=O)Cc2cc(-c3cccs3)sc2-c2cccs2)C1. The van der Waals surface area contributed by atoms with Crippen LogP contribution >= 0.6 is 34.0 Å². The Balaban J connectivity index is 1.06. The van der Waals surface area contributed by atoms with Crippen molar-refractivity contribution in [3.05, 3.63) is 96.3 Å². The Morgan fingerprint density at radius 2 is 1.28 bits per heavy atom. The molecule has 57 heavy (non-hydrogen) atoms. The first-order valence-corrected chi connectivity index (χ1v) is 23.3. The van der Waals surface area contributed by atoms with Gasteiger partial charge in [0.15, 0.2) is 0 Å². The summed E-state index contributed by atoms with van der Waals surface area (Å²) in [6.07, 6.45) is 20.5. The van der Waals surface area contributed by atoms with Crippen LogP contribution < -0.4 is 0 Å². The van der Waals surface area contributed by atoms with Gasteiger partial charge in [-0.3, -0.25) is 14.4 Å². The van der Waals surface area contributed by atoms with E-state index in [0.717, 1.165) is 55.4 Å². The molecule has 3 aliphatic rings. The highest BCUT2D eigenvalue weighted by atomic mass is 32.1. The second kappa shape index (κ2) is 20.0. The summed E-state index contributed by atoms with van der Waals surface area (Å²) < 4.78 is 17.4. The normalized spacial score (nSPS) is 27.6. The Hall–Kier alpha value is -3.53. The van der Waals surface area contributed by atoms with Gasteiger partial charge in [0.1, 0.15) is 0 Å². The Labute approximate surface area is 352 Å². The van der Waals surface area contributed by atoms with Crippen LogP contribution in [0.1, 0.15) is 78.2 Å².